The first-order chi connectivity index (χ1) is 5.59. The van der Waals surface area contributed by atoms with Gasteiger partial charge in [0.15, 0.2) is 0 Å². The van der Waals surface area contributed by atoms with E-state index in [1.807, 2.05) is 19.0 Å². The van der Waals surface area contributed by atoms with Gasteiger partial charge in [-0.15, -0.1) is 0 Å². The lowest BCUT2D eigenvalue weighted by molar-refractivity contribution is 0.524. The van der Waals surface area contributed by atoms with E-state index in [1.165, 1.54) is 5.57 Å². The fourth-order valence-corrected chi connectivity index (χ4v) is 0.797. The van der Waals surface area contributed by atoms with E-state index in [0.29, 0.717) is 0 Å². The van der Waals surface area contributed by atoms with Crippen molar-refractivity contribution in [1.82, 2.24) is 4.90 Å². The lowest BCUT2D eigenvalue weighted by Gasteiger charge is -2.15. The van der Waals surface area contributed by atoms with Crippen LogP contribution in [-0.2, 0) is 0 Å². The third kappa shape index (κ3) is 4.02. The first-order valence-electron chi connectivity index (χ1n) is 4.29. The number of rotatable bonds is 4. The molecule has 0 heterocycles. The van der Waals surface area contributed by atoms with Crippen LogP contribution in [0.15, 0.2) is 36.1 Å². The third-order valence-corrected chi connectivity index (χ3v) is 1.71. The highest BCUT2D eigenvalue weighted by Gasteiger charge is 1.95. The molecule has 0 fully saturated rings. The van der Waals surface area contributed by atoms with E-state index in [-0.39, 0.29) is 0 Å². The van der Waals surface area contributed by atoms with Gasteiger partial charge in [-0.1, -0.05) is 31.7 Å². The molecule has 0 spiro atoms. The Labute approximate surface area is 76.1 Å². The fraction of sp³-hybridized carbons (Fsp3) is 0.455. The van der Waals surface area contributed by atoms with E-state index in [0.717, 1.165) is 12.1 Å². The van der Waals surface area contributed by atoms with Gasteiger partial charge in [0.1, 0.15) is 0 Å². The normalized spacial score (nSPS) is 12.2. The number of hydrogen-bond acceptors (Lipinski definition) is 1. The minimum atomic E-state index is 1.07. The Bertz CT molecular complexity index is 197. The second-order valence-electron chi connectivity index (χ2n) is 3.03. The van der Waals surface area contributed by atoms with Crippen LogP contribution in [-0.4, -0.2) is 19.0 Å². The minimum Gasteiger partial charge on any atom is -0.378 e. The topological polar surface area (TPSA) is 3.24 Å². The van der Waals surface area contributed by atoms with Crippen LogP contribution in [0.3, 0.4) is 0 Å². The van der Waals surface area contributed by atoms with Crippen LogP contribution in [0.25, 0.3) is 0 Å². The van der Waals surface area contributed by atoms with Crippen LogP contribution in [0.4, 0.5) is 0 Å². The molecule has 0 aliphatic carbocycles. The Morgan fingerprint density at radius 1 is 1.42 bits per heavy atom. The zero-order valence-electron chi connectivity index (χ0n) is 8.59. The van der Waals surface area contributed by atoms with E-state index >= 15 is 0 Å². The molecule has 0 aliphatic heterocycles. The second-order valence-corrected chi connectivity index (χ2v) is 3.03. The molecule has 0 aromatic heterocycles. The Morgan fingerprint density at radius 2 is 2.00 bits per heavy atom. The lowest BCUT2D eigenvalue weighted by Crippen LogP contribution is -2.10. The van der Waals surface area contributed by atoms with E-state index in [1.54, 1.807) is 0 Å². The van der Waals surface area contributed by atoms with Gasteiger partial charge in [0, 0.05) is 19.8 Å². The van der Waals surface area contributed by atoms with Crippen LogP contribution in [0.1, 0.15) is 20.3 Å². The van der Waals surface area contributed by atoms with Crippen LogP contribution in [0, 0.1) is 0 Å². The maximum atomic E-state index is 3.96. The molecule has 0 aliphatic rings. The molecule has 0 saturated carbocycles. The standard InChI is InChI=1S/C11H19N/c1-6-7-8-9-10(2)11(3)12(4)5/h7-9H,3,6H2,1-2,4-5H3/b8-7-,10-9-. The molecule has 1 heteroatoms. The molecule has 0 saturated heterocycles. The molecule has 0 N–H and O–H groups in total. The molecule has 0 bridgehead atoms. The summed E-state index contributed by atoms with van der Waals surface area (Å²) in [7, 11) is 4.01. The molecule has 0 atom stereocenters. The number of allylic oxidation sites excluding steroid dienone is 4. The molecule has 0 rings (SSSR count). The van der Waals surface area contributed by atoms with Crippen molar-refractivity contribution in [3.8, 4) is 0 Å². The zero-order valence-corrected chi connectivity index (χ0v) is 8.59. The van der Waals surface area contributed by atoms with Crippen LogP contribution >= 0.6 is 0 Å². The molecule has 0 amide bonds. The van der Waals surface area contributed by atoms with Gasteiger partial charge < -0.3 is 4.90 Å². The van der Waals surface area contributed by atoms with Crippen molar-refractivity contribution in [2.24, 2.45) is 0 Å². The summed E-state index contributed by atoms with van der Waals surface area (Å²) in [6.07, 6.45) is 7.38. The molecular weight excluding hydrogens is 146 g/mol. The van der Waals surface area contributed by atoms with Crippen molar-refractivity contribution >= 4 is 0 Å². The molecule has 0 radical (unpaired) electrons. The summed E-state index contributed by atoms with van der Waals surface area (Å²) in [5.74, 6) is 0. The van der Waals surface area contributed by atoms with Gasteiger partial charge in [-0.25, -0.2) is 0 Å². The van der Waals surface area contributed by atoms with E-state index in [9.17, 15) is 0 Å². The highest BCUT2D eigenvalue weighted by molar-refractivity contribution is 5.28. The maximum Gasteiger partial charge on any atom is 0.0317 e. The van der Waals surface area contributed by atoms with Crippen molar-refractivity contribution in [2.45, 2.75) is 20.3 Å². The molecule has 68 valence electrons. The molecule has 0 aromatic rings. The van der Waals surface area contributed by atoms with Crippen LogP contribution < -0.4 is 0 Å². The van der Waals surface area contributed by atoms with E-state index in [4.69, 9.17) is 0 Å². The number of likely N-dealkylation sites (N-methyl/N-ethyl adjacent to an activating group) is 1. The SMILES string of the molecule is C=C(/C(C)=C\C=C/CC)N(C)C. The first kappa shape index (κ1) is 11.0. The minimum absolute atomic E-state index is 1.07. The fourth-order valence-electron chi connectivity index (χ4n) is 0.797. The average Bonchev–Trinajstić information content (AvgIpc) is 2.03. The van der Waals surface area contributed by atoms with Gasteiger partial charge in [0.05, 0.1) is 0 Å². The second kappa shape index (κ2) is 5.64. The predicted octanol–water partition coefficient (Wildman–Crippen LogP) is 2.97. The van der Waals surface area contributed by atoms with E-state index < -0.39 is 0 Å². The number of nitrogens with zero attached hydrogens (tertiary/aromatic N) is 1. The monoisotopic (exact) mass is 165 g/mol. The Morgan fingerprint density at radius 3 is 2.42 bits per heavy atom. The lowest BCUT2D eigenvalue weighted by atomic mass is 10.2. The van der Waals surface area contributed by atoms with Crippen molar-refractivity contribution < 1.29 is 0 Å². The van der Waals surface area contributed by atoms with Crippen LogP contribution in [0.5, 0.6) is 0 Å². The molecule has 0 unspecified atom stereocenters. The quantitative estimate of drug-likeness (QED) is 0.579. The van der Waals surface area contributed by atoms with Gasteiger partial charge in [-0.05, 0) is 18.9 Å². The van der Waals surface area contributed by atoms with Gasteiger partial charge in [0.25, 0.3) is 0 Å². The highest BCUT2D eigenvalue weighted by Crippen LogP contribution is 2.08. The molecule has 12 heavy (non-hydrogen) atoms. The van der Waals surface area contributed by atoms with Gasteiger partial charge in [0.2, 0.25) is 0 Å². The molecular formula is C11H19N. The van der Waals surface area contributed by atoms with Crippen molar-refractivity contribution in [3.05, 3.63) is 36.1 Å². The summed E-state index contributed by atoms with van der Waals surface area (Å²) >= 11 is 0. The van der Waals surface area contributed by atoms with E-state index in [2.05, 4.69) is 38.7 Å². The summed E-state index contributed by atoms with van der Waals surface area (Å²) in [6, 6.07) is 0. The van der Waals surface area contributed by atoms with Gasteiger partial charge >= 0.3 is 0 Å². The van der Waals surface area contributed by atoms with Gasteiger partial charge in [-0.3, -0.25) is 0 Å². The smallest absolute Gasteiger partial charge is 0.0317 e. The van der Waals surface area contributed by atoms with Crippen LogP contribution in [0.2, 0.25) is 0 Å². The molecule has 1 nitrogen and oxygen atoms in total. The molecule has 0 aromatic carbocycles. The van der Waals surface area contributed by atoms with Gasteiger partial charge in [-0.2, -0.15) is 0 Å². The Hall–Kier alpha value is -0.980. The first-order valence-corrected chi connectivity index (χ1v) is 4.29. The zero-order chi connectivity index (χ0) is 9.56. The third-order valence-electron chi connectivity index (χ3n) is 1.71. The highest BCUT2D eigenvalue weighted by atomic mass is 15.1. The summed E-state index contributed by atoms with van der Waals surface area (Å²) in [5.41, 5.74) is 2.28. The summed E-state index contributed by atoms with van der Waals surface area (Å²) in [6.45, 7) is 8.15. The summed E-state index contributed by atoms with van der Waals surface area (Å²) in [4.78, 5) is 2.02. The Balaban J connectivity index is 4.18. The maximum absolute atomic E-state index is 3.96. The Kier molecular flexibility index (Phi) is 5.18. The summed E-state index contributed by atoms with van der Waals surface area (Å²) in [5, 5.41) is 0. The predicted molar refractivity (Wildman–Crippen MR) is 56.0 cm³/mol. The largest absolute Gasteiger partial charge is 0.378 e. The number of hydrogen-bond donors (Lipinski definition) is 0. The average molecular weight is 165 g/mol. The summed E-state index contributed by atoms with van der Waals surface area (Å²) < 4.78 is 0. The van der Waals surface area contributed by atoms with Crippen molar-refractivity contribution in [2.75, 3.05) is 14.1 Å². The van der Waals surface area contributed by atoms with Crippen molar-refractivity contribution in [3.63, 3.8) is 0 Å². The van der Waals surface area contributed by atoms with Crippen molar-refractivity contribution in [1.29, 1.82) is 0 Å².